The number of hydrogen-bond donors (Lipinski definition) is 1. The van der Waals surface area contributed by atoms with Gasteiger partial charge in [-0.05, 0) is 0 Å². The molecule has 0 saturated carbocycles. The summed E-state index contributed by atoms with van der Waals surface area (Å²) < 4.78 is 4.51. The fourth-order valence-corrected chi connectivity index (χ4v) is 0.377. The van der Waals surface area contributed by atoms with Crippen LogP contribution in [0.4, 0.5) is 0 Å². The van der Waals surface area contributed by atoms with E-state index in [9.17, 15) is 4.79 Å². The van der Waals surface area contributed by atoms with Crippen molar-refractivity contribution in [1.82, 2.24) is 0 Å². The topological polar surface area (TPSA) is 46.5 Å². The lowest BCUT2D eigenvalue weighted by atomic mass is 10.5. The molecule has 58 valence electrons. The molecule has 0 saturated heterocycles. The van der Waals surface area contributed by atoms with Gasteiger partial charge in [-0.1, -0.05) is 18.2 Å². The van der Waals surface area contributed by atoms with Crippen LogP contribution in [0.2, 0.25) is 0 Å². The van der Waals surface area contributed by atoms with Crippen molar-refractivity contribution in [2.45, 2.75) is 6.42 Å². The second kappa shape index (κ2) is 5.26. The smallest absolute Gasteiger partial charge is 0.308 e. The van der Waals surface area contributed by atoms with Gasteiger partial charge in [0.2, 0.25) is 0 Å². The number of carbonyl (C=O) groups excluding carboxylic acids is 1. The highest BCUT2D eigenvalue weighted by molar-refractivity contribution is 6.29. The Morgan fingerprint density at radius 2 is 2.30 bits per heavy atom. The summed E-state index contributed by atoms with van der Waals surface area (Å²) in [5, 5.41) is 8.52. The third-order valence-electron chi connectivity index (χ3n) is 0.706. The zero-order chi connectivity index (χ0) is 7.98. The molecule has 0 spiro atoms. The third-order valence-corrected chi connectivity index (χ3v) is 0.815. The lowest BCUT2D eigenvalue weighted by Gasteiger charge is -1.99. The lowest BCUT2D eigenvalue weighted by Crippen LogP contribution is -2.07. The van der Waals surface area contributed by atoms with Crippen molar-refractivity contribution in [3.8, 4) is 0 Å². The summed E-state index contributed by atoms with van der Waals surface area (Å²) in [6, 6.07) is 0. The van der Waals surface area contributed by atoms with Crippen LogP contribution in [0.1, 0.15) is 6.42 Å². The predicted octanol–water partition coefficient (Wildman–Crippen LogP) is 0.665. The van der Waals surface area contributed by atoms with Crippen molar-refractivity contribution in [3.63, 3.8) is 0 Å². The molecule has 0 radical (unpaired) electrons. The summed E-state index contributed by atoms with van der Waals surface area (Å²) in [6.45, 7) is 3.13. The van der Waals surface area contributed by atoms with Crippen molar-refractivity contribution in [2.75, 3.05) is 13.2 Å². The normalized spacial score (nSPS) is 9.00. The number of halogens is 1. The molecule has 0 amide bonds. The molecule has 0 aliphatic rings. The standard InChI is InChI=1S/C6H9ClO3/c1-5(7)4-10-6(9)2-3-8/h8H,1-4H2. The molecule has 0 aromatic heterocycles. The summed E-state index contributed by atoms with van der Waals surface area (Å²) in [4.78, 5) is 10.5. The van der Waals surface area contributed by atoms with Crippen LogP contribution in [-0.2, 0) is 9.53 Å². The molecule has 0 unspecified atom stereocenters. The molecule has 0 heterocycles. The fraction of sp³-hybridized carbons (Fsp3) is 0.500. The largest absolute Gasteiger partial charge is 0.460 e. The number of aliphatic hydroxyl groups is 1. The van der Waals surface area contributed by atoms with Crippen LogP contribution in [0.5, 0.6) is 0 Å². The van der Waals surface area contributed by atoms with E-state index in [0.29, 0.717) is 0 Å². The van der Waals surface area contributed by atoms with E-state index in [1.54, 1.807) is 0 Å². The first-order valence-corrected chi connectivity index (χ1v) is 3.14. The maximum absolute atomic E-state index is 10.5. The molecule has 0 aliphatic carbocycles. The molecule has 0 atom stereocenters. The van der Waals surface area contributed by atoms with Crippen LogP contribution < -0.4 is 0 Å². The van der Waals surface area contributed by atoms with Crippen LogP contribution >= 0.6 is 11.6 Å². The zero-order valence-corrected chi connectivity index (χ0v) is 6.23. The second-order valence-corrected chi connectivity index (χ2v) is 2.19. The van der Waals surface area contributed by atoms with Gasteiger partial charge in [0, 0.05) is 5.03 Å². The molecule has 0 aromatic rings. The van der Waals surface area contributed by atoms with E-state index in [0.717, 1.165) is 0 Å². The van der Waals surface area contributed by atoms with Crippen LogP contribution in [0.15, 0.2) is 11.6 Å². The average Bonchev–Trinajstić information content (AvgIpc) is 1.85. The summed E-state index contributed by atoms with van der Waals surface area (Å²) in [5.41, 5.74) is 0. The van der Waals surface area contributed by atoms with Crippen LogP contribution in [-0.4, -0.2) is 24.3 Å². The first kappa shape index (κ1) is 9.46. The van der Waals surface area contributed by atoms with Gasteiger partial charge in [-0.25, -0.2) is 0 Å². The predicted molar refractivity (Wildman–Crippen MR) is 37.7 cm³/mol. The monoisotopic (exact) mass is 164 g/mol. The van der Waals surface area contributed by atoms with Gasteiger partial charge >= 0.3 is 5.97 Å². The minimum atomic E-state index is -0.468. The fourth-order valence-electron chi connectivity index (χ4n) is 0.322. The van der Waals surface area contributed by atoms with Gasteiger partial charge in [-0.3, -0.25) is 4.79 Å². The number of esters is 1. The summed E-state index contributed by atoms with van der Waals surface area (Å²) in [7, 11) is 0. The van der Waals surface area contributed by atoms with E-state index in [1.807, 2.05) is 0 Å². The van der Waals surface area contributed by atoms with Gasteiger partial charge in [-0.2, -0.15) is 0 Å². The Kier molecular flexibility index (Phi) is 4.98. The van der Waals surface area contributed by atoms with Crippen LogP contribution in [0, 0.1) is 0 Å². The second-order valence-electron chi connectivity index (χ2n) is 1.65. The van der Waals surface area contributed by atoms with Crippen molar-refractivity contribution in [1.29, 1.82) is 0 Å². The van der Waals surface area contributed by atoms with E-state index in [4.69, 9.17) is 16.7 Å². The molecule has 4 heteroatoms. The zero-order valence-electron chi connectivity index (χ0n) is 5.47. The SMILES string of the molecule is C=C(Cl)COC(=O)CCO. The Hall–Kier alpha value is -0.540. The van der Waals surface area contributed by atoms with E-state index in [1.165, 1.54) is 0 Å². The molecule has 0 aliphatic heterocycles. The number of aliphatic hydroxyl groups excluding tert-OH is 1. The van der Waals surface area contributed by atoms with E-state index < -0.39 is 5.97 Å². The van der Waals surface area contributed by atoms with Gasteiger partial charge in [0.15, 0.2) is 0 Å². The molecule has 0 bridgehead atoms. The van der Waals surface area contributed by atoms with Crippen molar-refractivity contribution < 1.29 is 14.6 Å². The Morgan fingerprint density at radius 1 is 1.70 bits per heavy atom. The Bertz CT molecular complexity index is 133. The molecular weight excluding hydrogens is 156 g/mol. The highest BCUT2D eigenvalue weighted by Crippen LogP contribution is 1.97. The van der Waals surface area contributed by atoms with E-state index in [-0.39, 0.29) is 24.7 Å². The molecule has 3 nitrogen and oxygen atoms in total. The minimum Gasteiger partial charge on any atom is -0.460 e. The van der Waals surface area contributed by atoms with Crippen LogP contribution in [0.25, 0.3) is 0 Å². The van der Waals surface area contributed by atoms with E-state index in [2.05, 4.69) is 11.3 Å². The highest BCUT2D eigenvalue weighted by Gasteiger charge is 2.00. The maximum Gasteiger partial charge on any atom is 0.308 e. The summed E-state index contributed by atoms with van der Waals surface area (Å²) in [6.07, 6.45) is 0.00414. The quantitative estimate of drug-likeness (QED) is 0.622. The lowest BCUT2D eigenvalue weighted by molar-refractivity contribution is -0.143. The molecule has 0 rings (SSSR count). The van der Waals surface area contributed by atoms with Gasteiger partial charge in [0.05, 0.1) is 13.0 Å². The van der Waals surface area contributed by atoms with E-state index >= 15 is 0 Å². The first-order valence-electron chi connectivity index (χ1n) is 2.76. The average molecular weight is 165 g/mol. The van der Waals surface area contributed by atoms with Crippen molar-refractivity contribution >= 4 is 17.6 Å². The number of rotatable bonds is 4. The summed E-state index contributed by atoms with van der Waals surface area (Å²) >= 11 is 5.29. The maximum atomic E-state index is 10.5. The Labute approximate surface area is 64.2 Å². The molecule has 0 fully saturated rings. The Morgan fingerprint density at radius 3 is 2.70 bits per heavy atom. The molecule has 0 aromatic carbocycles. The minimum absolute atomic E-state index is 0.00414. The summed E-state index contributed by atoms with van der Waals surface area (Å²) in [5.74, 6) is -0.468. The molecular formula is C6H9ClO3. The molecule has 10 heavy (non-hydrogen) atoms. The van der Waals surface area contributed by atoms with Gasteiger partial charge < -0.3 is 9.84 Å². The Balaban J connectivity index is 3.30. The number of hydrogen-bond acceptors (Lipinski definition) is 3. The van der Waals surface area contributed by atoms with Crippen molar-refractivity contribution in [3.05, 3.63) is 11.6 Å². The van der Waals surface area contributed by atoms with Crippen LogP contribution in [0.3, 0.4) is 0 Å². The highest BCUT2D eigenvalue weighted by atomic mass is 35.5. The molecule has 1 N–H and O–H groups in total. The third kappa shape index (κ3) is 5.59. The van der Waals surface area contributed by atoms with Gasteiger partial charge in [0.1, 0.15) is 6.61 Å². The number of carbonyl (C=O) groups is 1. The first-order chi connectivity index (χ1) is 4.66. The van der Waals surface area contributed by atoms with Gasteiger partial charge in [-0.15, -0.1) is 0 Å². The van der Waals surface area contributed by atoms with Crippen molar-refractivity contribution in [2.24, 2.45) is 0 Å². The van der Waals surface area contributed by atoms with Gasteiger partial charge in [0.25, 0.3) is 0 Å². The number of ether oxygens (including phenoxy) is 1.